The van der Waals surface area contributed by atoms with Crippen molar-refractivity contribution in [2.75, 3.05) is 13.2 Å². The summed E-state index contributed by atoms with van der Waals surface area (Å²) >= 11 is 0. The van der Waals surface area contributed by atoms with Gasteiger partial charge in [-0.05, 0) is 45.4 Å². The van der Waals surface area contributed by atoms with Crippen LogP contribution >= 0.6 is 0 Å². The van der Waals surface area contributed by atoms with Crippen LogP contribution in [-0.4, -0.2) is 31.5 Å². The van der Waals surface area contributed by atoms with Crippen molar-refractivity contribution in [3.8, 4) is 0 Å². The predicted octanol–water partition coefficient (Wildman–Crippen LogP) is 3.51. The number of halogens is 3. The van der Waals surface area contributed by atoms with Crippen LogP contribution in [-0.2, 0) is 4.74 Å². The third-order valence-corrected chi connectivity index (χ3v) is 3.62. The van der Waals surface area contributed by atoms with Gasteiger partial charge in [-0.15, -0.1) is 0 Å². The van der Waals surface area contributed by atoms with E-state index < -0.39 is 12.6 Å². The number of hydrogen-bond acceptors (Lipinski definition) is 2. The van der Waals surface area contributed by atoms with Gasteiger partial charge in [0.1, 0.15) is 0 Å². The summed E-state index contributed by atoms with van der Waals surface area (Å²) in [5.41, 5.74) is 0. The second-order valence-electron chi connectivity index (χ2n) is 5.31. The van der Waals surface area contributed by atoms with E-state index in [9.17, 15) is 13.2 Å². The highest BCUT2D eigenvalue weighted by Crippen LogP contribution is 2.23. The smallest absolute Gasteiger partial charge is 0.381 e. The van der Waals surface area contributed by atoms with Crippen LogP contribution in [0.15, 0.2) is 0 Å². The number of rotatable bonds is 6. The molecule has 1 aliphatic rings. The van der Waals surface area contributed by atoms with Crippen LogP contribution in [0.4, 0.5) is 13.2 Å². The molecular weight excluding hydrogens is 243 g/mol. The average Bonchev–Trinajstić information content (AvgIpc) is 2.28. The molecule has 1 N–H and O–H groups in total. The van der Waals surface area contributed by atoms with Gasteiger partial charge in [-0.1, -0.05) is 0 Å². The normalized spacial score (nSPS) is 21.8. The lowest BCUT2D eigenvalue weighted by atomic mass is 9.92. The van der Waals surface area contributed by atoms with Crippen LogP contribution < -0.4 is 5.32 Å². The van der Waals surface area contributed by atoms with E-state index in [1.165, 1.54) is 0 Å². The molecule has 0 bridgehead atoms. The van der Waals surface area contributed by atoms with E-state index in [1.807, 2.05) is 6.92 Å². The van der Waals surface area contributed by atoms with Crippen molar-refractivity contribution < 1.29 is 17.9 Å². The molecule has 1 fully saturated rings. The van der Waals surface area contributed by atoms with Crippen LogP contribution in [0.5, 0.6) is 0 Å². The maximum absolute atomic E-state index is 12.0. The fourth-order valence-electron chi connectivity index (χ4n) is 2.49. The fourth-order valence-corrected chi connectivity index (χ4v) is 2.49. The van der Waals surface area contributed by atoms with Crippen LogP contribution in [0, 0.1) is 5.92 Å². The molecule has 18 heavy (non-hydrogen) atoms. The molecule has 5 heteroatoms. The highest BCUT2D eigenvalue weighted by atomic mass is 19.4. The zero-order valence-corrected chi connectivity index (χ0v) is 11.2. The summed E-state index contributed by atoms with van der Waals surface area (Å²) < 4.78 is 41.4. The molecule has 2 atom stereocenters. The Kier molecular flexibility index (Phi) is 6.43. The Morgan fingerprint density at radius 1 is 1.22 bits per heavy atom. The number of nitrogens with one attached hydrogen (secondary N) is 1. The molecule has 0 aromatic rings. The quantitative estimate of drug-likeness (QED) is 0.795. The van der Waals surface area contributed by atoms with Crippen molar-refractivity contribution in [1.29, 1.82) is 0 Å². The van der Waals surface area contributed by atoms with Crippen molar-refractivity contribution in [2.45, 2.75) is 64.2 Å². The molecule has 2 unspecified atom stereocenters. The van der Waals surface area contributed by atoms with Crippen molar-refractivity contribution >= 4 is 0 Å². The lowest BCUT2D eigenvalue weighted by molar-refractivity contribution is -0.135. The summed E-state index contributed by atoms with van der Waals surface area (Å²) in [6.07, 6.45) is -1.82. The summed E-state index contributed by atoms with van der Waals surface area (Å²) in [7, 11) is 0. The minimum atomic E-state index is -4.02. The average molecular weight is 267 g/mol. The van der Waals surface area contributed by atoms with Gasteiger partial charge in [0.15, 0.2) is 0 Å². The van der Waals surface area contributed by atoms with E-state index in [4.69, 9.17) is 4.74 Å². The highest BCUT2D eigenvalue weighted by Gasteiger charge is 2.27. The molecule has 1 rings (SSSR count). The second kappa shape index (κ2) is 7.34. The predicted molar refractivity (Wildman–Crippen MR) is 65.5 cm³/mol. The molecule has 1 heterocycles. The van der Waals surface area contributed by atoms with Gasteiger partial charge in [0.2, 0.25) is 0 Å². The topological polar surface area (TPSA) is 21.3 Å². The Bertz CT molecular complexity index is 227. The highest BCUT2D eigenvalue weighted by molar-refractivity contribution is 4.77. The lowest BCUT2D eigenvalue weighted by Gasteiger charge is -2.30. The molecule has 0 aromatic carbocycles. The van der Waals surface area contributed by atoms with Gasteiger partial charge in [0, 0.05) is 31.7 Å². The first-order chi connectivity index (χ1) is 8.38. The molecule has 0 aromatic heterocycles. The maximum atomic E-state index is 12.0. The minimum absolute atomic E-state index is 0.144. The van der Waals surface area contributed by atoms with Crippen molar-refractivity contribution in [3.05, 3.63) is 0 Å². The fraction of sp³-hybridized carbons (Fsp3) is 1.00. The Hall–Kier alpha value is -0.290. The largest absolute Gasteiger partial charge is 0.389 e. The van der Waals surface area contributed by atoms with Crippen LogP contribution in [0.2, 0.25) is 0 Å². The van der Waals surface area contributed by atoms with Gasteiger partial charge >= 0.3 is 6.18 Å². The lowest BCUT2D eigenvalue weighted by Crippen LogP contribution is -2.41. The van der Waals surface area contributed by atoms with Crippen LogP contribution in [0.1, 0.15) is 46.0 Å². The van der Waals surface area contributed by atoms with Gasteiger partial charge in [0.25, 0.3) is 0 Å². The zero-order valence-electron chi connectivity index (χ0n) is 11.2. The molecule has 0 spiro atoms. The molecule has 0 amide bonds. The molecular formula is C13H24F3NO. The monoisotopic (exact) mass is 267 g/mol. The number of hydrogen-bond donors (Lipinski definition) is 1. The van der Waals surface area contributed by atoms with Gasteiger partial charge < -0.3 is 10.1 Å². The summed E-state index contributed by atoms with van der Waals surface area (Å²) in [6.45, 7) is 5.70. The Balaban J connectivity index is 2.16. The van der Waals surface area contributed by atoms with E-state index in [0.29, 0.717) is 18.4 Å². The molecule has 2 nitrogen and oxygen atoms in total. The Labute approximate surface area is 107 Å². The maximum Gasteiger partial charge on any atom is 0.389 e. The van der Waals surface area contributed by atoms with Crippen molar-refractivity contribution in [3.63, 3.8) is 0 Å². The third kappa shape index (κ3) is 6.59. The van der Waals surface area contributed by atoms with Gasteiger partial charge in [-0.25, -0.2) is 0 Å². The van der Waals surface area contributed by atoms with E-state index in [2.05, 4.69) is 12.2 Å². The molecule has 1 aliphatic heterocycles. The van der Waals surface area contributed by atoms with Crippen LogP contribution in [0.3, 0.4) is 0 Å². The summed E-state index contributed by atoms with van der Waals surface area (Å²) in [6, 6.07) is 0.500. The van der Waals surface area contributed by atoms with Gasteiger partial charge in [-0.2, -0.15) is 13.2 Å². The summed E-state index contributed by atoms with van der Waals surface area (Å²) in [5.74, 6) is 0.587. The molecule has 0 saturated carbocycles. The first-order valence-corrected chi connectivity index (χ1v) is 6.79. The van der Waals surface area contributed by atoms with E-state index >= 15 is 0 Å². The van der Waals surface area contributed by atoms with Gasteiger partial charge in [0.05, 0.1) is 0 Å². The summed E-state index contributed by atoms with van der Waals surface area (Å²) in [4.78, 5) is 0. The standard InChI is InChI=1S/C13H24F3NO/c1-10(4-3-7-13(14,15)16)17-11(2)12-5-8-18-9-6-12/h10-12,17H,3-9H2,1-2H3. The third-order valence-electron chi connectivity index (χ3n) is 3.62. The Morgan fingerprint density at radius 3 is 2.39 bits per heavy atom. The number of alkyl halides is 3. The SMILES string of the molecule is CC(CCCC(F)(F)F)NC(C)C1CCOCC1. The number of ether oxygens (including phenoxy) is 1. The molecule has 0 radical (unpaired) electrons. The van der Waals surface area contributed by atoms with Crippen molar-refractivity contribution in [2.24, 2.45) is 5.92 Å². The molecule has 108 valence electrons. The van der Waals surface area contributed by atoms with Crippen LogP contribution in [0.25, 0.3) is 0 Å². The molecule has 0 aliphatic carbocycles. The van der Waals surface area contributed by atoms with E-state index in [0.717, 1.165) is 26.1 Å². The van der Waals surface area contributed by atoms with Gasteiger partial charge in [-0.3, -0.25) is 0 Å². The first-order valence-electron chi connectivity index (χ1n) is 6.79. The second-order valence-corrected chi connectivity index (χ2v) is 5.31. The van der Waals surface area contributed by atoms with Crippen molar-refractivity contribution in [1.82, 2.24) is 5.32 Å². The summed E-state index contributed by atoms with van der Waals surface area (Å²) in [5, 5.41) is 3.41. The van der Waals surface area contributed by atoms with E-state index in [1.54, 1.807) is 0 Å². The first kappa shape index (κ1) is 15.8. The zero-order chi connectivity index (χ0) is 13.6. The molecule has 1 saturated heterocycles. The van der Waals surface area contributed by atoms with E-state index in [-0.39, 0.29) is 12.5 Å². The Morgan fingerprint density at radius 2 is 1.83 bits per heavy atom. The minimum Gasteiger partial charge on any atom is -0.381 e.